The SMILES string of the molecule is CC(C)(C)NCCC(=O)Nc1ccc(F)nc1. The zero-order chi connectivity index (χ0) is 12.9. The molecule has 1 heterocycles. The van der Waals surface area contributed by atoms with Crippen LogP contribution < -0.4 is 10.6 Å². The molecule has 2 N–H and O–H groups in total. The molecule has 1 aromatic rings. The van der Waals surface area contributed by atoms with Crippen molar-refractivity contribution >= 4 is 11.6 Å². The lowest BCUT2D eigenvalue weighted by molar-refractivity contribution is -0.116. The number of carbonyl (C=O) groups excluding carboxylic acids is 1. The summed E-state index contributed by atoms with van der Waals surface area (Å²) < 4.78 is 12.5. The first kappa shape index (κ1) is 13.6. The normalized spacial score (nSPS) is 11.3. The Balaban J connectivity index is 2.32. The lowest BCUT2D eigenvalue weighted by Gasteiger charge is -2.20. The second-order valence-corrected chi connectivity index (χ2v) is 4.84. The van der Waals surface area contributed by atoms with Crippen molar-refractivity contribution < 1.29 is 9.18 Å². The van der Waals surface area contributed by atoms with Gasteiger partial charge in [0.25, 0.3) is 0 Å². The Morgan fingerprint density at radius 3 is 2.65 bits per heavy atom. The van der Waals surface area contributed by atoms with Crippen molar-refractivity contribution in [2.45, 2.75) is 32.7 Å². The van der Waals surface area contributed by atoms with E-state index in [0.717, 1.165) is 0 Å². The molecule has 4 nitrogen and oxygen atoms in total. The first-order valence-corrected chi connectivity index (χ1v) is 5.53. The first-order valence-electron chi connectivity index (χ1n) is 5.53. The maximum atomic E-state index is 12.5. The van der Waals surface area contributed by atoms with Crippen LogP contribution in [0.1, 0.15) is 27.2 Å². The highest BCUT2D eigenvalue weighted by atomic mass is 19.1. The Bertz CT molecular complexity index is 370. The molecule has 0 aliphatic heterocycles. The molecule has 0 saturated carbocycles. The zero-order valence-corrected chi connectivity index (χ0v) is 10.4. The minimum absolute atomic E-state index is 0.00227. The highest BCUT2D eigenvalue weighted by molar-refractivity contribution is 5.90. The molecule has 1 rings (SSSR count). The second-order valence-electron chi connectivity index (χ2n) is 4.84. The summed E-state index contributed by atoms with van der Waals surface area (Å²) in [6.45, 7) is 6.71. The third kappa shape index (κ3) is 5.97. The van der Waals surface area contributed by atoms with E-state index in [4.69, 9.17) is 0 Å². The van der Waals surface area contributed by atoms with E-state index in [9.17, 15) is 9.18 Å². The third-order valence-corrected chi connectivity index (χ3v) is 2.02. The summed E-state index contributed by atoms with van der Waals surface area (Å²) in [5.74, 6) is -0.674. The number of halogens is 1. The van der Waals surface area contributed by atoms with Gasteiger partial charge < -0.3 is 10.6 Å². The lowest BCUT2D eigenvalue weighted by Crippen LogP contribution is -2.37. The molecule has 0 fully saturated rings. The molecule has 0 atom stereocenters. The monoisotopic (exact) mass is 239 g/mol. The highest BCUT2D eigenvalue weighted by Crippen LogP contribution is 2.05. The van der Waals surface area contributed by atoms with Gasteiger partial charge in [0.2, 0.25) is 11.9 Å². The zero-order valence-electron chi connectivity index (χ0n) is 10.4. The summed E-state index contributed by atoms with van der Waals surface area (Å²) in [5.41, 5.74) is 0.504. The third-order valence-electron chi connectivity index (χ3n) is 2.02. The molecule has 1 amide bonds. The predicted molar refractivity (Wildman–Crippen MR) is 65.2 cm³/mol. The van der Waals surface area contributed by atoms with Gasteiger partial charge in [-0.25, -0.2) is 4.98 Å². The molecule has 0 bridgehead atoms. The van der Waals surface area contributed by atoms with Gasteiger partial charge in [-0.2, -0.15) is 4.39 Å². The molecule has 0 radical (unpaired) electrons. The Kier molecular flexibility index (Phi) is 4.57. The quantitative estimate of drug-likeness (QED) is 0.789. The minimum Gasteiger partial charge on any atom is -0.325 e. The van der Waals surface area contributed by atoms with Crippen molar-refractivity contribution in [3.05, 3.63) is 24.3 Å². The lowest BCUT2D eigenvalue weighted by atomic mass is 10.1. The van der Waals surface area contributed by atoms with E-state index in [1.165, 1.54) is 18.3 Å². The van der Waals surface area contributed by atoms with Crippen LogP contribution in [0.15, 0.2) is 18.3 Å². The van der Waals surface area contributed by atoms with Gasteiger partial charge in [-0.1, -0.05) is 0 Å². The Labute approximate surface area is 101 Å². The average Bonchev–Trinajstić information content (AvgIpc) is 2.19. The number of aromatic nitrogens is 1. The Morgan fingerprint density at radius 2 is 2.12 bits per heavy atom. The number of anilines is 1. The fraction of sp³-hybridized carbons (Fsp3) is 0.500. The number of hydrogen-bond acceptors (Lipinski definition) is 3. The second kappa shape index (κ2) is 5.72. The molecule has 5 heteroatoms. The van der Waals surface area contributed by atoms with Gasteiger partial charge in [-0.15, -0.1) is 0 Å². The van der Waals surface area contributed by atoms with E-state index < -0.39 is 5.95 Å². The molecule has 0 saturated heterocycles. The number of carbonyl (C=O) groups is 1. The van der Waals surface area contributed by atoms with Crippen LogP contribution in [0.5, 0.6) is 0 Å². The van der Waals surface area contributed by atoms with Gasteiger partial charge in [0.05, 0.1) is 11.9 Å². The predicted octanol–water partition coefficient (Wildman–Crippen LogP) is 1.94. The molecule has 1 aromatic heterocycles. The smallest absolute Gasteiger partial charge is 0.225 e. The number of amides is 1. The van der Waals surface area contributed by atoms with Crippen LogP contribution in [0.2, 0.25) is 0 Å². The molecule has 0 aliphatic carbocycles. The fourth-order valence-electron chi connectivity index (χ4n) is 1.22. The first-order chi connectivity index (χ1) is 7.87. The largest absolute Gasteiger partial charge is 0.325 e. The Hall–Kier alpha value is -1.49. The fourth-order valence-corrected chi connectivity index (χ4v) is 1.22. The van der Waals surface area contributed by atoms with E-state index in [-0.39, 0.29) is 11.4 Å². The number of rotatable bonds is 4. The van der Waals surface area contributed by atoms with Gasteiger partial charge in [-0.3, -0.25) is 4.79 Å². The van der Waals surface area contributed by atoms with Gasteiger partial charge in [0.1, 0.15) is 0 Å². The number of pyridine rings is 1. The van der Waals surface area contributed by atoms with Crippen molar-refractivity contribution in [2.24, 2.45) is 0 Å². The maximum Gasteiger partial charge on any atom is 0.225 e. The van der Waals surface area contributed by atoms with Crippen LogP contribution >= 0.6 is 0 Å². The van der Waals surface area contributed by atoms with Crippen molar-refractivity contribution in [2.75, 3.05) is 11.9 Å². The summed E-state index contributed by atoms with van der Waals surface area (Å²) >= 11 is 0. The molecule has 17 heavy (non-hydrogen) atoms. The van der Waals surface area contributed by atoms with Crippen molar-refractivity contribution in [1.82, 2.24) is 10.3 Å². The van der Waals surface area contributed by atoms with E-state index in [1.54, 1.807) is 0 Å². The maximum absolute atomic E-state index is 12.5. The van der Waals surface area contributed by atoms with Gasteiger partial charge >= 0.3 is 0 Å². The summed E-state index contributed by atoms with van der Waals surface area (Å²) in [4.78, 5) is 15.0. The van der Waals surface area contributed by atoms with Gasteiger partial charge in [-0.05, 0) is 32.9 Å². The minimum atomic E-state index is -0.558. The average molecular weight is 239 g/mol. The highest BCUT2D eigenvalue weighted by Gasteiger charge is 2.09. The molecule has 0 unspecified atom stereocenters. The van der Waals surface area contributed by atoms with Crippen LogP contribution in [0.25, 0.3) is 0 Å². The molecule has 0 aliphatic rings. The summed E-state index contributed by atoms with van der Waals surface area (Å²) in [5, 5.41) is 5.86. The standard InChI is InChI=1S/C12H18FN3O/c1-12(2,3)15-7-6-11(17)16-9-4-5-10(13)14-8-9/h4-5,8,15H,6-7H2,1-3H3,(H,16,17). The molecule has 94 valence electrons. The van der Waals surface area contributed by atoms with Crippen LogP contribution in [0.3, 0.4) is 0 Å². The van der Waals surface area contributed by atoms with E-state index in [2.05, 4.69) is 15.6 Å². The number of hydrogen-bond donors (Lipinski definition) is 2. The molecule has 0 spiro atoms. The summed E-state index contributed by atoms with van der Waals surface area (Å²) in [6, 6.07) is 2.69. The van der Waals surface area contributed by atoms with E-state index >= 15 is 0 Å². The van der Waals surface area contributed by atoms with Crippen molar-refractivity contribution in [1.29, 1.82) is 0 Å². The van der Waals surface area contributed by atoms with E-state index in [1.807, 2.05) is 20.8 Å². The Morgan fingerprint density at radius 1 is 1.41 bits per heavy atom. The van der Waals surface area contributed by atoms with Crippen LogP contribution in [0.4, 0.5) is 10.1 Å². The van der Waals surface area contributed by atoms with Gasteiger partial charge in [0.15, 0.2) is 0 Å². The van der Waals surface area contributed by atoms with Crippen molar-refractivity contribution in [3.63, 3.8) is 0 Å². The number of nitrogens with zero attached hydrogens (tertiary/aromatic N) is 1. The van der Waals surface area contributed by atoms with Crippen LogP contribution in [-0.2, 0) is 4.79 Å². The number of nitrogens with one attached hydrogen (secondary N) is 2. The van der Waals surface area contributed by atoms with Gasteiger partial charge in [0, 0.05) is 18.5 Å². The summed E-state index contributed by atoms with van der Waals surface area (Å²) in [7, 11) is 0. The van der Waals surface area contributed by atoms with Crippen LogP contribution in [-0.4, -0.2) is 23.0 Å². The molecular weight excluding hydrogens is 221 g/mol. The summed E-state index contributed by atoms with van der Waals surface area (Å²) in [6.07, 6.45) is 1.67. The van der Waals surface area contributed by atoms with Crippen LogP contribution in [0, 0.1) is 5.95 Å². The van der Waals surface area contributed by atoms with E-state index in [0.29, 0.717) is 18.7 Å². The topological polar surface area (TPSA) is 54.0 Å². The van der Waals surface area contributed by atoms with Crippen molar-refractivity contribution in [3.8, 4) is 0 Å². The molecule has 0 aromatic carbocycles. The molecular formula is C12H18FN3O.